The zero-order chi connectivity index (χ0) is 21.3. The second-order valence-electron chi connectivity index (χ2n) is 7.73. The number of fused-ring (bicyclic) bond motifs is 1. The van der Waals surface area contributed by atoms with Gasteiger partial charge in [0.2, 0.25) is 5.43 Å². The van der Waals surface area contributed by atoms with E-state index in [1.54, 1.807) is 30.0 Å². The summed E-state index contributed by atoms with van der Waals surface area (Å²) in [6.07, 6.45) is 0.0175. The van der Waals surface area contributed by atoms with Gasteiger partial charge in [-0.15, -0.1) is 0 Å². The number of carbonyl (C=O) groups excluding carboxylic acids is 1. The highest BCUT2D eigenvalue weighted by atomic mass is 16.5. The van der Waals surface area contributed by atoms with Crippen molar-refractivity contribution in [1.29, 1.82) is 0 Å². The Kier molecular flexibility index (Phi) is 5.59. The Balaban J connectivity index is 1.54. The molecule has 0 spiro atoms. The van der Waals surface area contributed by atoms with Crippen LogP contribution in [0, 0.1) is 6.92 Å². The lowest BCUT2D eigenvalue weighted by Gasteiger charge is -2.35. The van der Waals surface area contributed by atoms with Crippen LogP contribution in [0.1, 0.15) is 19.6 Å². The van der Waals surface area contributed by atoms with Gasteiger partial charge in [0.25, 0.3) is 5.91 Å². The van der Waals surface area contributed by atoms with Crippen molar-refractivity contribution in [2.75, 3.05) is 19.7 Å². The van der Waals surface area contributed by atoms with E-state index in [0.29, 0.717) is 41.1 Å². The monoisotopic (exact) mass is 407 g/mol. The minimum atomic E-state index is -0.0887. The van der Waals surface area contributed by atoms with E-state index in [1.807, 2.05) is 44.2 Å². The molecule has 1 aliphatic heterocycles. The minimum absolute atomic E-state index is 0.00873. The third-order valence-corrected chi connectivity index (χ3v) is 5.24. The van der Waals surface area contributed by atoms with Crippen LogP contribution in [-0.2, 0) is 9.53 Å². The fourth-order valence-corrected chi connectivity index (χ4v) is 3.93. The number of morpholine rings is 1. The molecule has 2 aromatic carbocycles. The van der Waals surface area contributed by atoms with E-state index in [9.17, 15) is 9.59 Å². The molecule has 6 heteroatoms. The third kappa shape index (κ3) is 4.09. The van der Waals surface area contributed by atoms with Crippen LogP contribution in [0.25, 0.3) is 22.1 Å². The van der Waals surface area contributed by atoms with Crippen LogP contribution in [0.4, 0.5) is 0 Å². The van der Waals surface area contributed by atoms with Crippen molar-refractivity contribution in [3.8, 4) is 16.9 Å². The molecule has 2 heterocycles. The van der Waals surface area contributed by atoms with Gasteiger partial charge in [0.1, 0.15) is 17.1 Å². The van der Waals surface area contributed by atoms with Crippen molar-refractivity contribution in [2.24, 2.45) is 0 Å². The van der Waals surface area contributed by atoms with E-state index in [0.717, 1.165) is 5.56 Å². The molecule has 156 valence electrons. The molecule has 0 bridgehead atoms. The molecule has 2 atom stereocenters. The predicted octanol–water partition coefficient (Wildman–Crippen LogP) is 3.78. The summed E-state index contributed by atoms with van der Waals surface area (Å²) < 4.78 is 17.3. The summed E-state index contributed by atoms with van der Waals surface area (Å²) in [5.41, 5.74) is 1.74. The first kappa shape index (κ1) is 20.2. The Morgan fingerprint density at radius 1 is 1.10 bits per heavy atom. The molecule has 1 aliphatic rings. The maximum Gasteiger partial charge on any atom is 0.260 e. The van der Waals surface area contributed by atoms with E-state index in [4.69, 9.17) is 13.9 Å². The first-order chi connectivity index (χ1) is 14.4. The number of ether oxygens (including phenoxy) is 2. The zero-order valence-electron chi connectivity index (χ0n) is 17.4. The summed E-state index contributed by atoms with van der Waals surface area (Å²) in [5.74, 6) is 0.942. The number of carbonyl (C=O) groups is 1. The molecule has 6 nitrogen and oxygen atoms in total. The van der Waals surface area contributed by atoms with Crippen molar-refractivity contribution in [3.63, 3.8) is 0 Å². The van der Waals surface area contributed by atoms with E-state index in [1.165, 1.54) is 0 Å². The summed E-state index contributed by atoms with van der Waals surface area (Å²) in [7, 11) is 0. The van der Waals surface area contributed by atoms with Crippen molar-refractivity contribution >= 4 is 16.9 Å². The number of benzene rings is 2. The van der Waals surface area contributed by atoms with Gasteiger partial charge in [-0.05, 0) is 38.5 Å². The molecule has 0 saturated carbocycles. The molecule has 3 aromatic rings. The van der Waals surface area contributed by atoms with Crippen LogP contribution in [0.5, 0.6) is 5.75 Å². The van der Waals surface area contributed by atoms with Gasteiger partial charge in [-0.1, -0.05) is 30.3 Å². The fourth-order valence-electron chi connectivity index (χ4n) is 3.93. The lowest BCUT2D eigenvalue weighted by Crippen LogP contribution is -2.49. The predicted molar refractivity (Wildman–Crippen MR) is 115 cm³/mol. The zero-order valence-corrected chi connectivity index (χ0v) is 17.4. The Labute approximate surface area is 175 Å². The summed E-state index contributed by atoms with van der Waals surface area (Å²) in [4.78, 5) is 27.3. The van der Waals surface area contributed by atoms with E-state index in [2.05, 4.69) is 0 Å². The molecule has 1 fully saturated rings. The smallest absolute Gasteiger partial charge is 0.260 e. The Hall–Kier alpha value is -3.12. The van der Waals surface area contributed by atoms with E-state index < -0.39 is 0 Å². The van der Waals surface area contributed by atoms with Crippen LogP contribution in [0.15, 0.2) is 57.7 Å². The molecule has 0 N–H and O–H groups in total. The highest BCUT2D eigenvalue weighted by Crippen LogP contribution is 2.26. The van der Waals surface area contributed by atoms with Gasteiger partial charge >= 0.3 is 0 Å². The highest BCUT2D eigenvalue weighted by molar-refractivity contribution is 5.84. The molecular weight excluding hydrogens is 382 g/mol. The number of hydrogen-bond acceptors (Lipinski definition) is 5. The third-order valence-electron chi connectivity index (χ3n) is 5.24. The van der Waals surface area contributed by atoms with Gasteiger partial charge in [0, 0.05) is 19.2 Å². The van der Waals surface area contributed by atoms with E-state index in [-0.39, 0.29) is 30.2 Å². The van der Waals surface area contributed by atoms with E-state index >= 15 is 0 Å². The Bertz CT molecular complexity index is 1110. The second kappa shape index (κ2) is 8.32. The van der Waals surface area contributed by atoms with Gasteiger partial charge in [0.05, 0.1) is 23.2 Å². The number of amides is 1. The van der Waals surface area contributed by atoms with Crippen LogP contribution < -0.4 is 10.2 Å². The second-order valence-corrected chi connectivity index (χ2v) is 7.73. The topological polar surface area (TPSA) is 69.0 Å². The van der Waals surface area contributed by atoms with Crippen LogP contribution >= 0.6 is 0 Å². The lowest BCUT2D eigenvalue weighted by atomic mass is 10.0. The molecule has 0 aliphatic carbocycles. The molecule has 4 rings (SSSR count). The number of aryl methyl sites for hydroxylation is 1. The number of rotatable bonds is 4. The van der Waals surface area contributed by atoms with Crippen molar-refractivity contribution < 1.29 is 18.7 Å². The first-order valence-corrected chi connectivity index (χ1v) is 10.1. The molecule has 30 heavy (non-hydrogen) atoms. The van der Waals surface area contributed by atoms with Crippen molar-refractivity contribution in [2.45, 2.75) is 33.0 Å². The maximum absolute atomic E-state index is 13.0. The molecule has 1 saturated heterocycles. The number of nitrogens with zero attached hydrogens (tertiary/aromatic N) is 1. The van der Waals surface area contributed by atoms with Crippen LogP contribution in [-0.4, -0.2) is 42.7 Å². The summed E-state index contributed by atoms with van der Waals surface area (Å²) >= 11 is 0. The normalized spacial score (nSPS) is 19.1. The largest absolute Gasteiger partial charge is 0.484 e. The van der Waals surface area contributed by atoms with Gasteiger partial charge < -0.3 is 18.8 Å². The number of hydrogen-bond donors (Lipinski definition) is 0. The average Bonchev–Trinajstić information content (AvgIpc) is 2.72. The molecule has 1 aromatic heterocycles. The minimum Gasteiger partial charge on any atom is -0.484 e. The van der Waals surface area contributed by atoms with Crippen LogP contribution in [0.2, 0.25) is 0 Å². The Morgan fingerprint density at radius 3 is 2.50 bits per heavy atom. The first-order valence-electron chi connectivity index (χ1n) is 10.1. The van der Waals surface area contributed by atoms with Gasteiger partial charge in [-0.25, -0.2) is 0 Å². The lowest BCUT2D eigenvalue weighted by molar-refractivity contribution is -0.145. The summed E-state index contributed by atoms with van der Waals surface area (Å²) in [6, 6.07) is 14.5. The SMILES string of the molecule is Cc1oc2cc(OCC(=O)N3C[C@@H](C)O[C@H](C)C3)ccc2c(=O)c1-c1ccccc1. The summed E-state index contributed by atoms with van der Waals surface area (Å²) in [6.45, 7) is 6.72. The average molecular weight is 407 g/mol. The van der Waals surface area contributed by atoms with Gasteiger partial charge in [-0.3, -0.25) is 9.59 Å². The van der Waals surface area contributed by atoms with Crippen LogP contribution in [0.3, 0.4) is 0 Å². The highest BCUT2D eigenvalue weighted by Gasteiger charge is 2.26. The molecule has 0 radical (unpaired) electrons. The van der Waals surface area contributed by atoms with Crippen molar-refractivity contribution in [1.82, 2.24) is 4.90 Å². The molecule has 0 unspecified atom stereocenters. The van der Waals surface area contributed by atoms with Gasteiger partial charge in [-0.2, -0.15) is 0 Å². The van der Waals surface area contributed by atoms with Gasteiger partial charge in [0.15, 0.2) is 6.61 Å². The van der Waals surface area contributed by atoms with Crippen molar-refractivity contribution in [3.05, 3.63) is 64.5 Å². The molecule has 1 amide bonds. The quantitative estimate of drug-likeness (QED) is 0.658. The summed E-state index contributed by atoms with van der Waals surface area (Å²) in [5, 5.41) is 0.481. The Morgan fingerprint density at radius 2 is 1.80 bits per heavy atom. The maximum atomic E-state index is 13.0. The fraction of sp³-hybridized carbons (Fsp3) is 0.333. The standard InChI is InChI=1S/C24H25NO5/c1-15-12-25(13-16(2)29-15)22(26)14-28-19-9-10-20-21(11-19)30-17(3)23(24(20)27)18-7-5-4-6-8-18/h4-11,15-16H,12-14H2,1-3H3/t15-,16-/m1/s1. The molecular formula is C24H25NO5.